The first kappa shape index (κ1) is 20.1. The van der Waals surface area contributed by atoms with E-state index in [1.807, 2.05) is 43.3 Å². The third-order valence-corrected chi connectivity index (χ3v) is 5.75. The number of fused-ring (bicyclic) bond motifs is 2. The van der Waals surface area contributed by atoms with Gasteiger partial charge in [0.1, 0.15) is 5.60 Å². The summed E-state index contributed by atoms with van der Waals surface area (Å²) in [5.41, 5.74) is 1.37. The number of carbonyl (C=O) groups is 3. The highest BCUT2D eigenvalue weighted by Gasteiger charge is 2.56. The number of hydrogen-bond donors (Lipinski definition) is 0. The van der Waals surface area contributed by atoms with Gasteiger partial charge in [0.25, 0.3) is 0 Å². The quantitative estimate of drug-likeness (QED) is 0.707. The number of anilines is 2. The first-order chi connectivity index (χ1) is 14.1. The van der Waals surface area contributed by atoms with E-state index in [9.17, 15) is 14.4 Å². The Hall–Kier alpha value is -3.15. The van der Waals surface area contributed by atoms with Gasteiger partial charge in [-0.25, -0.2) is 9.69 Å². The second-order valence-electron chi connectivity index (χ2n) is 8.99. The largest absolute Gasteiger partial charge is 0.443 e. The zero-order valence-corrected chi connectivity index (χ0v) is 17.8. The maximum Gasteiger partial charge on any atom is 0.421 e. The summed E-state index contributed by atoms with van der Waals surface area (Å²) in [7, 11) is 0. The Morgan fingerprint density at radius 3 is 2.30 bits per heavy atom. The van der Waals surface area contributed by atoms with Crippen molar-refractivity contribution < 1.29 is 19.1 Å². The van der Waals surface area contributed by atoms with Crippen LogP contribution in [0.5, 0.6) is 0 Å². The number of aryl methyl sites for hydroxylation is 1. The molecular weight excluding hydrogens is 380 g/mol. The van der Waals surface area contributed by atoms with Crippen LogP contribution in [0.3, 0.4) is 0 Å². The molecule has 1 saturated heterocycles. The topological polar surface area (TPSA) is 66.9 Å². The van der Waals surface area contributed by atoms with Gasteiger partial charge in [0.15, 0.2) is 0 Å². The molecule has 6 heteroatoms. The molecule has 0 N–H and O–H groups in total. The minimum Gasteiger partial charge on any atom is -0.443 e. The molecule has 0 aromatic heterocycles. The van der Waals surface area contributed by atoms with Gasteiger partial charge in [-0.3, -0.25) is 9.59 Å². The summed E-state index contributed by atoms with van der Waals surface area (Å²) in [6.07, 6.45) is -0.0870. The molecule has 4 rings (SSSR count). The molecule has 2 aromatic rings. The molecule has 0 aliphatic carbocycles. The molecule has 2 aliphatic heterocycles. The molecule has 2 heterocycles. The van der Waals surface area contributed by atoms with Gasteiger partial charge in [0.2, 0.25) is 11.8 Å². The number of benzene rings is 2. The third kappa shape index (κ3) is 3.16. The van der Waals surface area contributed by atoms with E-state index in [1.165, 1.54) is 0 Å². The van der Waals surface area contributed by atoms with Crippen molar-refractivity contribution in [3.63, 3.8) is 0 Å². The van der Waals surface area contributed by atoms with Gasteiger partial charge in [0, 0.05) is 18.7 Å². The smallest absolute Gasteiger partial charge is 0.421 e. The van der Waals surface area contributed by atoms with E-state index in [0.29, 0.717) is 12.1 Å². The average Bonchev–Trinajstić information content (AvgIpc) is 2.91. The number of hydrogen-bond acceptors (Lipinski definition) is 4. The predicted molar refractivity (Wildman–Crippen MR) is 115 cm³/mol. The Morgan fingerprint density at radius 1 is 1.00 bits per heavy atom. The molecule has 2 aliphatic rings. The zero-order valence-electron chi connectivity index (χ0n) is 17.8. The molecule has 30 heavy (non-hydrogen) atoms. The summed E-state index contributed by atoms with van der Waals surface area (Å²) in [5, 5.41) is 0. The fraction of sp³-hybridized carbons (Fsp3) is 0.375. The minimum atomic E-state index is -0.969. The highest BCUT2D eigenvalue weighted by atomic mass is 16.6. The van der Waals surface area contributed by atoms with Crippen LogP contribution in [-0.4, -0.2) is 30.1 Å². The van der Waals surface area contributed by atoms with E-state index >= 15 is 0 Å². The second kappa shape index (κ2) is 6.97. The van der Waals surface area contributed by atoms with Gasteiger partial charge in [-0.15, -0.1) is 0 Å². The van der Waals surface area contributed by atoms with Crippen molar-refractivity contribution in [1.29, 1.82) is 0 Å². The van der Waals surface area contributed by atoms with E-state index in [4.69, 9.17) is 4.74 Å². The van der Waals surface area contributed by atoms with E-state index in [1.54, 1.807) is 37.8 Å². The fourth-order valence-corrected chi connectivity index (χ4v) is 4.37. The van der Waals surface area contributed by atoms with Crippen molar-refractivity contribution in [1.82, 2.24) is 0 Å². The predicted octanol–water partition coefficient (Wildman–Crippen LogP) is 4.34. The molecule has 1 atom stereocenters. The SMILES string of the molecule is Cc1ccccc1N1CC2(CCC1=O)C(=O)N(C(=O)OC(C)(C)C)c1ccccc12. The maximum absolute atomic E-state index is 13.7. The highest BCUT2D eigenvalue weighted by molar-refractivity contribution is 6.22. The Bertz CT molecular complexity index is 1040. The van der Waals surface area contributed by atoms with Crippen molar-refractivity contribution in [3.05, 3.63) is 59.7 Å². The van der Waals surface area contributed by atoms with Gasteiger partial charge in [0.05, 0.1) is 11.1 Å². The normalized spacial score (nSPS) is 21.2. The summed E-state index contributed by atoms with van der Waals surface area (Å²) in [5.74, 6) is -0.347. The lowest BCUT2D eigenvalue weighted by Gasteiger charge is -2.39. The number of piperidine rings is 1. The van der Waals surface area contributed by atoms with Crippen LogP contribution in [0.25, 0.3) is 0 Å². The number of carbonyl (C=O) groups excluding carboxylic acids is 3. The molecule has 0 bridgehead atoms. The first-order valence-electron chi connectivity index (χ1n) is 10.2. The van der Waals surface area contributed by atoms with Crippen LogP contribution in [0.15, 0.2) is 48.5 Å². The van der Waals surface area contributed by atoms with Gasteiger partial charge < -0.3 is 9.64 Å². The zero-order chi connectivity index (χ0) is 21.7. The van der Waals surface area contributed by atoms with Crippen molar-refractivity contribution in [2.45, 2.75) is 51.6 Å². The number of imide groups is 1. The number of rotatable bonds is 1. The van der Waals surface area contributed by atoms with Gasteiger partial charge in [-0.05, 0) is 57.4 Å². The monoisotopic (exact) mass is 406 g/mol. The Morgan fingerprint density at radius 2 is 1.63 bits per heavy atom. The summed E-state index contributed by atoms with van der Waals surface area (Å²) in [6.45, 7) is 7.46. The molecule has 6 nitrogen and oxygen atoms in total. The van der Waals surface area contributed by atoms with Gasteiger partial charge >= 0.3 is 6.09 Å². The Kier molecular flexibility index (Phi) is 4.68. The average molecular weight is 406 g/mol. The molecule has 1 unspecified atom stereocenters. The van der Waals surface area contributed by atoms with Crippen molar-refractivity contribution in [2.24, 2.45) is 0 Å². The molecule has 0 radical (unpaired) electrons. The summed E-state index contributed by atoms with van der Waals surface area (Å²) >= 11 is 0. The molecule has 1 fully saturated rings. The minimum absolute atomic E-state index is 0.0177. The number of nitrogens with zero attached hydrogens (tertiary/aromatic N) is 2. The molecule has 3 amide bonds. The molecular formula is C24H26N2O4. The van der Waals surface area contributed by atoms with E-state index < -0.39 is 17.1 Å². The Labute approximate surface area is 176 Å². The van der Waals surface area contributed by atoms with Crippen molar-refractivity contribution in [2.75, 3.05) is 16.3 Å². The first-order valence-corrected chi connectivity index (χ1v) is 10.2. The lowest BCUT2D eigenvalue weighted by molar-refractivity contribution is -0.126. The molecule has 1 spiro atoms. The van der Waals surface area contributed by atoms with Crippen LogP contribution in [-0.2, 0) is 19.7 Å². The summed E-state index contributed by atoms with van der Waals surface area (Å²) in [4.78, 5) is 42.3. The highest BCUT2D eigenvalue weighted by Crippen LogP contribution is 2.48. The number of amides is 3. The molecule has 156 valence electrons. The van der Waals surface area contributed by atoms with E-state index in [0.717, 1.165) is 21.7 Å². The van der Waals surface area contributed by atoms with Crippen LogP contribution in [0.2, 0.25) is 0 Å². The lowest BCUT2D eigenvalue weighted by atomic mass is 9.74. The molecule has 0 saturated carbocycles. The fourth-order valence-electron chi connectivity index (χ4n) is 4.37. The van der Waals surface area contributed by atoms with Crippen LogP contribution in [0.4, 0.5) is 16.2 Å². The van der Waals surface area contributed by atoms with Crippen LogP contribution in [0.1, 0.15) is 44.7 Å². The Balaban J connectivity index is 1.78. The van der Waals surface area contributed by atoms with Crippen molar-refractivity contribution in [3.8, 4) is 0 Å². The van der Waals surface area contributed by atoms with Crippen molar-refractivity contribution >= 4 is 29.3 Å². The molecule has 2 aromatic carbocycles. The summed E-state index contributed by atoms with van der Waals surface area (Å²) < 4.78 is 5.52. The van der Waals surface area contributed by atoms with Gasteiger partial charge in [-0.1, -0.05) is 36.4 Å². The van der Waals surface area contributed by atoms with Crippen LogP contribution in [0, 0.1) is 6.92 Å². The van der Waals surface area contributed by atoms with Crippen LogP contribution < -0.4 is 9.80 Å². The lowest BCUT2D eigenvalue weighted by Crippen LogP contribution is -2.55. The van der Waals surface area contributed by atoms with E-state index in [2.05, 4.69) is 0 Å². The van der Waals surface area contributed by atoms with Crippen LogP contribution >= 0.6 is 0 Å². The maximum atomic E-state index is 13.7. The number of para-hydroxylation sites is 2. The second-order valence-corrected chi connectivity index (χ2v) is 8.99. The number of ether oxygens (including phenoxy) is 1. The summed E-state index contributed by atoms with van der Waals surface area (Å²) in [6, 6.07) is 14.9. The van der Waals surface area contributed by atoms with Gasteiger partial charge in [-0.2, -0.15) is 0 Å². The standard InChI is InChI=1S/C24H26N2O4/c1-16-9-5-7-11-18(16)25-15-24(14-13-20(25)27)17-10-6-8-12-19(17)26(21(24)28)22(29)30-23(2,3)4/h5-12H,13-15H2,1-4H3. The van der Waals surface area contributed by atoms with E-state index in [-0.39, 0.29) is 24.8 Å². The third-order valence-electron chi connectivity index (χ3n) is 5.75.